The highest BCUT2D eigenvalue weighted by atomic mass is 16.5. The summed E-state index contributed by atoms with van der Waals surface area (Å²) >= 11 is 0. The van der Waals surface area contributed by atoms with Crippen molar-refractivity contribution in [2.45, 2.75) is 32.8 Å². The van der Waals surface area contributed by atoms with E-state index in [4.69, 9.17) is 19.6 Å². The second-order valence-electron chi connectivity index (χ2n) is 7.55. The van der Waals surface area contributed by atoms with Gasteiger partial charge >= 0.3 is 5.97 Å². The first-order chi connectivity index (χ1) is 15.5. The lowest BCUT2D eigenvalue weighted by Gasteiger charge is -2.13. The highest BCUT2D eigenvalue weighted by molar-refractivity contribution is 5.99. The summed E-state index contributed by atoms with van der Waals surface area (Å²) in [6.45, 7) is 4.90. The van der Waals surface area contributed by atoms with Crippen LogP contribution in [0.25, 0.3) is 0 Å². The zero-order valence-electron chi connectivity index (χ0n) is 18.5. The second-order valence-corrected chi connectivity index (χ2v) is 7.55. The minimum atomic E-state index is -0.176. The topological polar surface area (TPSA) is 68.6 Å². The van der Waals surface area contributed by atoms with Crippen LogP contribution in [0.1, 0.15) is 42.9 Å². The Labute approximate surface area is 189 Å². The molecule has 0 spiro atoms. The van der Waals surface area contributed by atoms with Gasteiger partial charge in [-0.2, -0.15) is 0 Å². The third-order valence-corrected chi connectivity index (χ3v) is 5.06. The average molecular weight is 432 g/mol. The molecule has 0 saturated heterocycles. The Morgan fingerprint density at radius 1 is 0.875 bits per heavy atom. The number of benzene rings is 3. The molecule has 1 N–H and O–H groups in total. The molecule has 166 valence electrons. The molecular weight excluding hydrogens is 402 g/mol. The van der Waals surface area contributed by atoms with Gasteiger partial charge in [-0.05, 0) is 53.8 Å². The van der Waals surface area contributed by atoms with Gasteiger partial charge in [0.25, 0.3) is 0 Å². The lowest BCUT2D eigenvalue weighted by molar-refractivity contribution is -0.143. The Morgan fingerprint density at radius 2 is 1.50 bits per heavy atom. The summed E-state index contributed by atoms with van der Waals surface area (Å²) in [7, 11) is 0. The largest absolute Gasteiger partial charge is 0.489 e. The van der Waals surface area contributed by atoms with Crippen LogP contribution in [-0.4, -0.2) is 24.9 Å². The van der Waals surface area contributed by atoms with Gasteiger partial charge in [-0.3, -0.25) is 4.79 Å². The molecule has 5 nitrogen and oxygen atoms in total. The predicted molar refractivity (Wildman–Crippen MR) is 126 cm³/mol. The average Bonchev–Trinajstić information content (AvgIpc) is 2.83. The van der Waals surface area contributed by atoms with Gasteiger partial charge < -0.3 is 19.6 Å². The van der Waals surface area contributed by atoms with Crippen LogP contribution in [0.5, 0.6) is 11.5 Å². The van der Waals surface area contributed by atoms with Crippen molar-refractivity contribution in [3.05, 3.63) is 95.6 Å². The molecule has 0 saturated carbocycles. The summed E-state index contributed by atoms with van der Waals surface area (Å²) < 4.78 is 16.6. The summed E-state index contributed by atoms with van der Waals surface area (Å²) in [5.41, 5.74) is 3.40. The molecule has 0 bridgehead atoms. The number of hydrogen-bond donors (Lipinski definition) is 1. The molecule has 3 rings (SSSR count). The molecule has 0 aromatic heterocycles. The summed E-state index contributed by atoms with van der Waals surface area (Å²) in [6.07, 6.45) is 0.368. The first-order valence-electron chi connectivity index (χ1n) is 10.8. The van der Waals surface area contributed by atoms with Gasteiger partial charge in [-0.15, -0.1) is 0 Å². The van der Waals surface area contributed by atoms with Crippen molar-refractivity contribution >= 4 is 11.7 Å². The van der Waals surface area contributed by atoms with E-state index >= 15 is 0 Å². The number of rotatable bonds is 11. The normalized spacial score (nSPS) is 11.4. The van der Waals surface area contributed by atoms with Gasteiger partial charge in [-0.25, -0.2) is 0 Å². The smallest absolute Gasteiger partial charge is 0.306 e. The van der Waals surface area contributed by atoms with Crippen molar-refractivity contribution in [2.24, 2.45) is 0 Å². The summed E-state index contributed by atoms with van der Waals surface area (Å²) in [4.78, 5) is 11.7. The molecule has 0 fully saturated rings. The van der Waals surface area contributed by atoms with Crippen LogP contribution in [0.2, 0.25) is 0 Å². The lowest BCUT2D eigenvalue weighted by atomic mass is 9.98. The molecule has 0 radical (unpaired) electrons. The summed E-state index contributed by atoms with van der Waals surface area (Å²) in [5, 5.41) is 8.11. The van der Waals surface area contributed by atoms with E-state index in [2.05, 4.69) is 0 Å². The lowest BCUT2D eigenvalue weighted by Crippen LogP contribution is -2.11. The zero-order chi connectivity index (χ0) is 22.8. The Bertz CT molecular complexity index is 998. The minimum absolute atomic E-state index is 0.0963. The van der Waals surface area contributed by atoms with E-state index in [0.29, 0.717) is 25.3 Å². The first-order valence-corrected chi connectivity index (χ1v) is 10.8. The molecule has 0 aliphatic rings. The number of hydrogen-bond acceptors (Lipinski definition) is 5. The van der Waals surface area contributed by atoms with Crippen LogP contribution < -0.4 is 9.47 Å². The third-order valence-electron chi connectivity index (χ3n) is 5.06. The Morgan fingerprint density at radius 3 is 2.16 bits per heavy atom. The van der Waals surface area contributed by atoms with Crippen LogP contribution in [0.3, 0.4) is 0 Å². The van der Waals surface area contributed by atoms with E-state index in [1.54, 1.807) is 0 Å². The second kappa shape index (κ2) is 11.7. The maximum Gasteiger partial charge on any atom is 0.306 e. The van der Waals surface area contributed by atoms with Crippen molar-refractivity contribution in [3.8, 4) is 11.5 Å². The Kier molecular flexibility index (Phi) is 8.44. The molecule has 3 aromatic carbocycles. The molecule has 1 atom stereocenters. The highest BCUT2D eigenvalue weighted by Gasteiger charge is 2.12. The van der Waals surface area contributed by atoms with Crippen LogP contribution in [0.4, 0.5) is 0 Å². The predicted octanol–water partition coefficient (Wildman–Crippen LogP) is 5.77. The van der Waals surface area contributed by atoms with Gasteiger partial charge in [0.05, 0.1) is 18.7 Å². The monoisotopic (exact) mass is 431 g/mol. The van der Waals surface area contributed by atoms with E-state index in [1.165, 1.54) is 0 Å². The molecule has 0 aliphatic carbocycles. The van der Waals surface area contributed by atoms with Crippen molar-refractivity contribution < 1.29 is 19.0 Å². The molecule has 0 heterocycles. The van der Waals surface area contributed by atoms with Crippen molar-refractivity contribution in [3.63, 3.8) is 0 Å². The SMILES string of the molecule is CCOC(=O)CC(C)c1ccc(OCc2ccc(OCC(=N)c3ccccc3)cc2)cc1. The number of ether oxygens (including phenoxy) is 3. The third kappa shape index (κ3) is 6.98. The molecule has 0 aliphatic heterocycles. The van der Waals surface area contributed by atoms with E-state index in [-0.39, 0.29) is 18.5 Å². The van der Waals surface area contributed by atoms with Crippen LogP contribution in [-0.2, 0) is 16.1 Å². The van der Waals surface area contributed by atoms with Gasteiger partial charge in [0.1, 0.15) is 24.7 Å². The summed E-state index contributed by atoms with van der Waals surface area (Å²) in [6, 6.07) is 25.1. The van der Waals surface area contributed by atoms with Crippen molar-refractivity contribution in [2.75, 3.05) is 13.2 Å². The Hall–Kier alpha value is -3.60. The fraction of sp³-hybridized carbons (Fsp3) is 0.259. The van der Waals surface area contributed by atoms with E-state index in [0.717, 1.165) is 28.2 Å². The fourth-order valence-electron chi connectivity index (χ4n) is 3.21. The van der Waals surface area contributed by atoms with E-state index in [1.807, 2.05) is 92.7 Å². The van der Waals surface area contributed by atoms with E-state index < -0.39 is 0 Å². The maximum absolute atomic E-state index is 11.7. The molecule has 1 unspecified atom stereocenters. The highest BCUT2D eigenvalue weighted by Crippen LogP contribution is 2.23. The van der Waals surface area contributed by atoms with Gasteiger partial charge in [0.15, 0.2) is 0 Å². The van der Waals surface area contributed by atoms with E-state index in [9.17, 15) is 4.79 Å². The zero-order valence-corrected chi connectivity index (χ0v) is 18.5. The van der Waals surface area contributed by atoms with Gasteiger partial charge in [0, 0.05) is 0 Å². The fourth-order valence-corrected chi connectivity index (χ4v) is 3.21. The van der Waals surface area contributed by atoms with Crippen LogP contribution in [0, 0.1) is 5.41 Å². The minimum Gasteiger partial charge on any atom is -0.489 e. The number of nitrogens with one attached hydrogen (secondary N) is 1. The maximum atomic E-state index is 11.7. The molecular formula is C27H29NO4. The van der Waals surface area contributed by atoms with Crippen molar-refractivity contribution in [1.29, 1.82) is 5.41 Å². The molecule has 0 amide bonds. The molecule has 32 heavy (non-hydrogen) atoms. The van der Waals surface area contributed by atoms with Crippen LogP contribution in [0.15, 0.2) is 78.9 Å². The van der Waals surface area contributed by atoms with Gasteiger partial charge in [-0.1, -0.05) is 61.5 Å². The van der Waals surface area contributed by atoms with Crippen molar-refractivity contribution in [1.82, 2.24) is 0 Å². The van der Waals surface area contributed by atoms with Gasteiger partial charge in [0.2, 0.25) is 0 Å². The number of carbonyl (C=O) groups is 1. The summed E-state index contributed by atoms with van der Waals surface area (Å²) in [5.74, 6) is 1.41. The first kappa shape index (κ1) is 23.1. The molecule has 3 aromatic rings. The Balaban J connectivity index is 1.45. The standard InChI is InChI=1S/C27H29NO4/c1-3-30-27(29)17-20(2)22-11-15-25(16-12-22)31-18-21-9-13-24(14-10-21)32-19-26(28)23-7-5-4-6-8-23/h4-16,20,28H,3,17-19H2,1-2H3. The molecule has 5 heteroatoms. The number of esters is 1. The number of carbonyl (C=O) groups excluding carboxylic acids is 1. The van der Waals surface area contributed by atoms with Crippen LogP contribution >= 0.6 is 0 Å². The quantitative estimate of drug-likeness (QED) is 0.309.